The molecule has 1 aromatic carbocycles. The minimum atomic E-state index is -0.0239. The number of oxime groups is 1. The smallest absolute Gasteiger partial charge is 0.239 e. The van der Waals surface area contributed by atoms with Gasteiger partial charge in [0.2, 0.25) is 5.91 Å². The maximum Gasteiger partial charge on any atom is 0.239 e. The first-order valence-electron chi connectivity index (χ1n) is 5.52. The van der Waals surface area contributed by atoms with Crippen LogP contribution in [0.5, 0.6) is 0 Å². The average Bonchev–Trinajstić information content (AvgIpc) is 2.39. The lowest BCUT2D eigenvalue weighted by atomic mass is 10.00. The van der Waals surface area contributed by atoms with Gasteiger partial charge in [-0.3, -0.25) is 4.79 Å². The first-order valence-corrected chi connectivity index (χ1v) is 5.52. The molecule has 90 valence electrons. The van der Waals surface area contributed by atoms with Gasteiger partial charge in [0, 0.05) is 31.3 Å². The summed E-state index contributed by atoms with van der Waals surface area (Å²) in [6.07, 6.45) is 0.643. The molecule has 5 nitrogen and oxygen atoms in total. The fourth-order valence-corrected chi connectivity index (χ4v) is 2.01. The van der Waals surface area contributed by atoms with Crippen molar-refractivity contribution in [3.63, 3.8) is 0 Å². The predicted molar refractivity (Wildman–Crippen MR) is 65.7 cm³/mol. The summed E-state index contributed by atoms with van der Waals surface area (Å²) in [5.41, 5.74) is 2.51. The Labute approximate surface area is 99.7 Å². The topological polar surface area (TPSA) is 64.9 Å². The van der Waals surface area contributed by atoms with Gasteiger partial charge in [-0.1, -0.05) is 23.4 Å². The van der Waals surface area contributed by atoms with Crippen molar-refractivity contribution in [3.8, 4) is 0 Å². The number of nitrogens with one attached hydrogen (secondary N) is 1. The van der Waals surface area contributed by atoms with E-state index in [1.165, 1.54) is 0 Å². The Hall–Kier alpha value is -2.04. The van der Waals surface area contributed by atoms with Crippen LogP contribution in [-0.2, 0) is 4.79 Å². The van der Waals surface area contributed by atoms with Crippen LogP contribution in [0.4, 0.5) is 5.69 Å². The van der Waals surface area contributed by atoms with Crippen molar-refractivity contribution in [1.29, 1.82) is 0 Å². The van der Waals surface area contributed by atoms with Gasteiger partial charge in [-0.05, 0) is 6.07 Å². The number of rotatable bonds is 2. The summed E-state index contributed by atoms with van der Waals surface area (Å²) in [5.74, 6) is -0.0239. The van der Waals surface area contributed by atoms with Gasteiger partial charge in [0.25, 0.3) is 0 Å². The molecule has 0 saturated heterocycles. The zero-order valence-electron chi connectivity index (χ0n) is 9.68. The first kappa shape index (κ1) is 11.4. The number of carbonyl (C=O) groups is 1. The Morgan fingerprint density at radius 1 is 1.53 bits per heavy atom. The van der Waals surface area contributed by atoms with E-state index in [0.717, 1.165) is 11.3 Å². The van der Waals surface area contributed by atoms with Gasteiger partial charge in [-0.2, -0.15) is 0 Å². The van der Waals surface area contributed by atoms with Gasteiger partial charge in [0.15, 0.2) is 0 Å². The highest BCUT2D eigenvalue weighted by molar-refractivity contribution is 6.07. The molecule has 17 heavy (non-hydrogen) atoms. The van der Waals surface area contributed by atoms with E-state index >= 15 is 0 Å². The van der Waals surface area contributed by atoms with E-state index in [4.69, 9.17) is 5.21 Å². The molecule has 0 aromatic heterocycles. The molecular weight excluding hydrogens is 218 g/mol. The molecule has 1 aromatic rings. The maximum atomic E-state index is 11.4. The summed E-state index contributed by atoms with van der Waals surface area (Å²) in [7, 11) is 1.62. The molecule has 2 rings (SSSR count). The van der Waals surface area contributed by atoms with Gasteiger partial charge < -0.3 is 15.4 Å². The van der Waals surface area contributed by atoms with E-state index in [9.17, 15) is 4.79 Å². The molecule has 0 radical (unpaired) electrons. The summed E-state index contributed by atoms with van der Waals surface area (Å²) >= 11 is 0. The van der Waals surface area contributed by atoms with E-state index in [-0.39, 0.29) is 5.91 Å². The van der Waals surface area contributed by atoms with Crippen LogP contribution in [0.25, 0.3) is 0 Å². The van der Waals surface area contributed by atoms with E-state index in [2.05, 4.69) is 10.5 Å². The van der Waals surface area contributed by atoms with Crippen LogP contribution in [0.2, 0.25) is 0 Å². The number of benzene rings is 1. The molecule has 1 aliphatic heterocycles. The second-order valence-electron chi connectivity index (χ2n) is 3.91. The van der Waals surface area contributed by atoms with E-state index in [0.29, 0.717) is 25.2 Å². The number of amides is 1. The predicted octanol–water partition coefficient (Wildman–Crippen LogP) is 0.821. The molecule has 0 bridgehead atoms. The van der Waals surface area contributed by atoms with Crippen molar-refractivity contribution in [2.24, 2.45) is 5.16 Å². The van der Waals surface area contributed by atoms with Crippen LogP contribution in [-0.4, -0.2) is 37.0 Å². The van der Waals surface area contributed by atoms with E-state index in [1.807, 2.05) is 29.2 Å². The van der Waals surface area contributed by atoms with Crippen molar-refractivity contribution in [2.45, 2.75) is 6.42 Å². The number of fused-ring (bicyclic) bond motifs is 1. The minimum Gasteiger partial charge on any atom is -0.411 e. The lowest BCUT2D eigenvalue weighted by molar-refractivity contribution is -0.119. The second-order valence-corrected chi connectivity index (χ2v) is 3.91. The molecule has 0 unspecified atom stereocenters. The number of nitrogens with zero attached hydrogens (tertiary/aromatic N) is 2. The number of anilines is 1. The lowest BCUT2D eigenvalue weighted by Gasteiger charge is -2.30. The van der Waals surface area contributed by atoms with Crippen LogP contribution >= 0.6 is 0 Å². The quantitative estimate of drug-likeness (QED) is 0.587. The van der Waals surface area contributed by atoms with Crippen molar-refractivity contribution in [2.75, 3.05) is 25.0 Å². The number of likely N-dealkylation sites (N-methyl/N-ethyl adjacent to an activating group) is 1. The lowest BCUT2D eigenvalue weighted by Crippen LogP contribution is -2.40. The molecule has 0 spiro atoms. The number of para-hydroxylation sites is 1. The third kappa shape index (κ3) is 2.22. The zero-order valence-corrected chi connectivity index (χ0v) is 9.68. The van der Waals surface area contributed by atoms with Gasteiger partial charge >= 0.3 is 0 Å². The van der Waals surface area contributed by atoms with E-state index < -0.39 is 0 Å². The molecule has 0 saturated carbocycles. The molecular formula is C12H15N3O2. The molecule has 1 amide bonds. The van der Waals surface area contributed by atoms with Crippen molar-refractivity contribution >= 4 is 17.3 Å². The normalized spacial score (nSPS) is 16.8. The Balaban J connectivity index is 2.31. The molecule has 0 aliphatic carbocycles. The number of hydrogen-bond acceptors (Lipinski definition) is 4. The second kappa shape index (κ2) is 4.86. The summed E-state index contributed by atoms with van der Waals surface area (Å²) in [5, 5.41) is 14.9. The maximum absolute atomic E-state index is 11.4. The molecule has 1 heterocycles. The fourth-order valence-electron chi connectivity index (χ4n) is 2.01. The Kier molecular flexibility index (Phi) is 3.27. The molecule has 2 N–H and O–H groups in total. The van der Waals surface area contributed by atoms with Crippen LogP contribution in [0.15, 0.2) is 29.4 Å². The summed E-state index contributed by atoms with van der Waals surface area (Å²) in [6.45, 7) is 1.01. The summed E-state index contributed by atoms with van der Waals surface area (Å²) < 4.78 is 0. The van der Waals surface area contributed by atoms with Crippen molar-refractivity contribution in [3.05, 3.63) is 29.8 Å². The zero-order chi connectivity index (χ0) is 12.3. The molecule has 1 aliphatic rings. The Bertz CT molecular complexity index is 457. The van der Waals surface area contributed by atoms with Crippen LogP contribution in [0, 0.1) is 0 Å². The average molecular weight is 233 g/mol. The fraction of sp³-hybridized carbons (Fsp3) is 0.333. The van der Waals surface area contributed by atoms with Gasteiger partial charge in [-0.25, -0.2) is 0 Å². The summed E-state index contributed by atoms with van der Waals surface area (Å²) in [4.78, 5) is 13.4. The van der Waals surface area contributed by atoms with Gasteiger partial charge in [-0.15, -0.1) is 0 Å². The number of hydrogen-bond donors (Lipinski definition) is 2. The van der Waals surface area contributed by atoms with Gasteiger partial charge in [0.1, 0.15) is 0 Å². The van der Waals surface area contributed by atoms with Crippen LogP contribution in [0.3, 0.4) is 0 Å². The minimum absolute atomic E-state index is 0.0239. The van der Waals surface area contributed by atoms with Crippen LogP contribution in [0.1, 0.15) is 12.0 Å². The third-order valence-electron chi connectivity index (χ3n) is 2.91. The molecule has 5 heteroatoms. The molecule has 0 atom stereocenters. The van der Waals surface area contributed by atoms with Crippen molar-refractivity contribution < 1.29 is 10.0 Å². The Morgan fingerprint density at radius 2 is 2.29 bits per heavy atom. The molecule has 0 fully saturated rings. The highest BCUT2D eigenvalue weighted by Gasteiger charge is 2.22. The third-order valence-corrected chi connectivity index (χ3v) is 2.91. The van der Waals surface area contributed by atoms with E-state index in [1.54, 1.807) is 7.05 Å². The van der Waals surface area contributed by atoms with Gasteiger partial charge in [0.05, 0.1) is 12.3 Å². The van der Waals surface area contributed by atoms with Crippen molar-refractivity contribution in [1.82, 2.24) is 5.32 Å². The van der Waals surface area contributed by atoms with Crippen LogP contribution < -0.4 is 10.2 Å². The monoisotopic (exact) mass is 233 g/mol. The Morgan fingerprint density at radius 3 is 3.00 bits per heavy atom. The standard InChI is InChI=1S/C12H15N3O2/c1-13-12(16)8-15-7-6-10(14-17)9-4-2-3-5-11(9)15/h2-5,17H,6-8H2,1H3,(H,13,16). The first-order chi connectivity index (χ1) is 8.26. The number of carbonyl (C=O) groups excluding carboxylic acids is 1. The highest BCUT2D eigenvalue weighted by atomic mass is 16.4. The SMILES string of the molecule is CNC(=O)CN1CCC(=NO)c2ccccc21. The summed E-state index contributed by atoms with van der Waals surface area (Å²) in [6, 6.07) is 7.65. The highest BCUT2D eigenvalue weighted by Crippen LogP contribution is 2.26. The largest absolute Gasteiger partial charge is 0.411 e.